The molecule has 1 aliphatic carbocycles. The summed E-state index contributed by atoms with van der Waals surface area (Å²) in [6.45, 7) is 1.83. The van der Waals surface area contributed by atoms with Crippen LogP contribution in [-0.4, -0.2) is 5.78 Å². The molecule has 0 heterocycles. The third-order valence-electron chi connectivity index (χ3n) is 2.21. The Labute approximate surface area is 68.2 Å². The zero-order valence-corrected chi connectivity index (χ0v) is 7.02. The lowest BCUT2D eigenvalue weighted by atomic mass is 9.86. The van der Waals surface area contributed by atoms with Crippen molar-refractivity contribution in [3.8, 4) is 11.8 Å². The summed E-state index contributed by atoms with van der Waals surface area (Å²) in [5.74, 6) is 6.50. The number of hydrogen-bond donors (Lipinski definition) is 0. The first kappa shape index (κ1) is 8.33. The van der Waals surface area contributed by atoms with Gasteiger partial charge in [0, 0.05) is 18.8 Å². The van der Waals surface area contributed by atoms with Gasteiger partial charge in [0.1, 0.15) is 5.78 Å². The summed E-state index contributed by atoms with van der Waals surface area (Å²) in [6, 6.07) is 0. The summed E-state index contributed by atoms with van der Waals surface area (Å²) < 4.78 is 0. The molecule has 0 radical (unpaired) electrons. The third kappa shape index (κ3) is 2.38. The second-order valence-corrected chi connectivity index (χ2v) is 3.04. The molecule has 1 fully saturated rings. The number of carbonyl (C=O) groups is 1. The van der Waals surface area contributed by atoms with Crippen LogP contribution >= 0.6 is 0 Å². The van der Waals surface area contributed by atoms with Gasteiger partial charge in [0.2, 0.25) is 0 Å². The van der Waals surface area contributed by atoms with Crippen molar-refractivity contribution in [3.63, 3.8) is 0 Å². The fourth-order valence-corrected chi connectivity index (χ4v) is 1.50. The Hall–Kier alpha value is -0.770. The van der Waals surface area contributed by atoms with E-state index < -0.39 is 0 Å². The Kier molecular flexibility index (Phi) is 3.16. The van der Waals surface area contributed by atoms with Gasteiger partial charge >= 0.3 is 0 Å². The molecule has 1 saturated carbocycles. The summed E-state index contributed by atoms with van der Waals surface area (Å²) in [7, 11) is 0. The molecule has 1 heteroatoms. The van der Waals surface area contributed by atoms with E-state index in [0.717, 1.165) is 25.7 Å². The molecule has 1 nitrogen and oxygen atoms in total. The van der Waals surface area contributed by atoms with Crippen molar-refractivity contribution in [2.45, 2.75) is 39.0 Å². The fraction of sp³-hybridized carbons (Fsp3) is 0.700. The van der Waals surface area contributed by atoms with Gasteiger partial charge in [-0.25, -0.2) is 0 Å². The zero-order chi connectivity index (χ0) is 8.10. The molecule has 0 aromatic carbocycles. The van der Waals surface area contributed by atoms with Gasteiger partial charge in [0.15, 0.2) is 0 Å². The van der Waals surface area contributed by atoms with Crippen LogP contribution in [0.1, 0.15) is 39.0 Å². The van der Waals surface area contributed by atoms with E-state index in [4.69, 9.17) is 0 Å². The Morgan fingerprint density at radius 3 is 3.00 bits per heavy atom. The summed E-state index contributed by atoms with van der Waals surface area (Å²) >= 11 is 0. The number of carbonyl (C=O) groups excluding carboxylic acids is 1. The average Bonchev–Trinajstić information content (AvgIpc) is 2.03. The maximum absolute atomic E-state index is 11.2. The minimum Gasteiger partial charge on any atom is -0.299 e. The predicted molar refractivity (Wildman–Crippen MR) is 45.0 cm³/mol. The second kappa shape index (κ2) is 4.18. The molecular weight excluding hydrogens is 136 g/mol. The largest absolute Gasteiger partial charge is 0.299 e. The van der Waals surface area contributed by atoms with Gasteiger partial charge < -0.3 is 0 Å². The molecule has 0 aromatic rings. The van der Waals surface area contributed by atoms with E-state index in [1.165, 1.54) is 6.42 Å². The zero-order valence-electron chi connectivity index (χ0n) is 7.02. The Morgan fingerprint density at radius 1 is 1.55 bits per heavy atom. The molecular formula is C10H14O. The van der Waals surface area contributed by atoms with Gasteiger partial charge in [-0.2, -0.15) is 0 Å². The first-order chi connectivity index (χ1) is 5.34. The van der Waals surface area contributed by atoms with Crippen LogP contribution in [0.4, 0.5) is 0 Å². The Balaban J connectivity index is 2.39. The van der Waals surface area contributed by atoms with Crippen molar-refractivity contribution in [1.82, 2.24) is 0 Å². The molecule has 0 spiro atoms. The highest BCUT2D eigenvalue weighted by Gasteiger charge is 2.20. The van der Waals surface area contributed by atoms with Crippen LogP contribution in [-0.2, 0) is 4.79 Å². The van der Waals surface area contributed by atoms with E-state index in [9.17, 15) is 4.79 Å². The number of hydrogen-bond acceptors (Lipinski definition) is 1. The maximum Gasteiger partial charge on any atom is 0.136 e. The quantitative estimate of drug-likeness (QED) is 0.523. The van der Waals surface area contributed by atoms with Gasteiger partial charge in [-0.15, -0.1) is 11.8 Å². The van der Waals surface area contributed by atoms with E-state index in [0.29, 0.717) is 5.78 Å². The maximum atomic E-state index is 11.2. The highest BCUT2D eigenvalue weighted by molar-refractivity contribution is 5.81. The molecule has 11 heavy (non-hydrogen) atoms. The third-order valence-corrected chi connectivity index (χ3v) is 2.21. The molecule has 1 atom stereocenters. The molecule has 0 amide bonds. The highest BCUT2D eigenvalue weighted by atomic mass is 16.1. The van der Waals surface area contributed by atoms with E-state index in [2.05, 4.69) is 11.8 Å². The standard InChI is InChI=1S/C10H14O/c1-2-3-6-9-7-4-5-8-10(9)11/h9H,4-8H2,1H3/t9-/m0/s1. The molecule has 60 valence electrons. The Morgan fingerprint density at radius 2 is 2.36 bits per heavy atom. The van der Waals surface area contributed by atoms with Crippen molar-refractivity contribution in [3.05, 3.63) is 0 Å². The van der Waals surface area contributed by atoms with Crippen molar-refractivity contribution in [1.29, 1.82) is 0 Å². The molecule has 0 bridgehead atoms. The summed E-state index contributed by atoms with van der Waals surface area (Å²) in [6.07, 6.45) is 4.94. The van der Waals surface area contributed by atoms with Crippen LogP contribution < -0.4 is 0 Å². The first-order valence-electron chi connectivity index (χ1n) is 4.27. The Bertz CT molecular complexity index is 195. The van der Waals surface area contributed by atoms with Crippen molar-refractivity contribution < 1.29 is 4.79 Å². The van der Waals surface area contributed by atoms with E-state index in [1.54, 1.807) is 0 Å². The average molecular weight is 150 g/mol. The molecule has 0 N–H and O–H groups in total. The van der Waals surface area contributed by atoms with Gasteiger partial charge in [-0.3, -0.25) is 4.79 Å². The van der Waals surface area contributed by atoms with Crippen LogP contribution in [0.2, 0.25) is 0 Å². The topological polar surface area (TPSA) is 17.1 Å². The smallest absolute Gasteiger partial charge is 0.136 e. The lowest BCUT2D eigenvalue weighted by Crippen LogP contribution is -2.18. The van der Waals surface area contributed by atoms with Gasteiger partial charge in [-0.05, 0) is 19.8 Å². The van der Waals surface area contributed by atoms with Crippen LogP contribution in [0.5, 0.6) is 0 Å². The molecule has 1 aliphatic rings. The first-order valence-corrected chi connectivity index (χ1v) is 4.27. The van der Waals surface area contributed by atoms with Crippen LogP contribution in [0.15, 0.2) is 0 Å². The van der Waals surface area contributed by atoms with Gasteiger partial charge in [-0.1, -0.05) is 6.42 Å². The molecule has 0 aromatic heterocycles. The van der Waals surface area contributed by atoms with Crippen molar-refractivity contribution in [2.24, 2.45) is 5.92 Å². The van der Waals surface area contributed by atoms with Crippen LogP contribution in [0, 0.1) is 17.8 Å². The molecule has 0 aliphatic heterocycles. The predicted octanol–water partition coefficient (Wildman–Crippen LogP) is 2.16. The molecule has 0 saturated heterocycles. The van der Waals surface area contributed by atoms with Crippen LogP contribution in [0.25, 0.3) is 0 Å². The minimum absolute atomic E-state index is 0.260. The normalized spacial score (nSPS) is 24.1. The number of ketones is 1. The minimum atomic E-state index is 0.260. The lowest BCUT2D eigenvalue weighted by Gasteiger charge is -2.17. The SMILES string of the molecule is CC#CC[C@H]1CCCCC1=O. The monoisotopic (exact) mass is 150 g/mol. The summed E-state index contributed by atoms with van der Waals surface area (Å²) in [5.41, 5.74) is 0. The van der Waals surface area contributed by atoms with Gasteiger partial charge in [0.25, 0.3) is 0 Å². The summed E-state index contributed by atoms with van der Waals surface area (Å²) in [5, 5.41) is 0. The fourth-order valence-electron chi connectivity index (χ4n) is 1.50. The van der Waals surface area contributed by atoms with Crippen molar-refractivity contribution >= 4 is 5.78 Å². The number of Topliss-reactive ketones (excluding diaryl/α,β-unsaturated/α-hetero) is 1. The summed E-state index contributed by atoms with van der Waals surface area (Å²) in [4.78, 5) is 11.2. The molecule has 1 rings (SSSR count). The van der Waals surface area contributed by atoms with E-state index >= 15 is 0 Å². The second-order valence-electron chi connectivity index (χ2n) is 3.04. The highest BCUT2D eigenvalue weighted by Crippen LogP contribution is 2.22. The lowest BCUT2D eigenvalue weighted by molar-refractivity contribution is -0.124. The van der Waals surface area contributed by atoms with E-state index in [1.807, 2.05) is 6.92 Å². The molecule has 0 unspecified atom stereocenters. The van der Waals surface area contributed by atoms with Gasteiger partial charge in [0.05, 0.1) is 0 Å². The van der Waals surface area contributed by atoms with Crippen molar-refractivity contribution in [2.75, 3.05) is 0 Å². The van der Waals surface area contributed by atoms with E-state index in [-0.39, 0.29) is 5.92 Å². The number of rotatable bonds is 1. The van der Waals surface area contributed by atoms with Crippen LogP contribution in [0.3, 0.4) is 0 Å².